The van der Waals surface area contributed by atoms with Crippen LogP contribution in [0.5, 0.6) is 0 Å². The predicted molar refractivity (Wildman–Crippen MR) is 89.4 cm³/mol. The number of nitrogens with zero attached hydrogens (tertiary/aromatic N) is 4. The van der Waals surface area contributed by atoms with Gasteiger partial charge in [0.05, 0.1) is 0 Å². The van der Waals surface area contributed by atoms with E-state index in [2.05, 4.69) is 25.5 Å². The normalized spacial score (nSPS) is 14.0. The van der Waals surface area contributed by atoms with Gasteiger partial charge in [-0.15, -0.1) is 0 Å². The van der Waals surface area contributed by atoms with Crippen molar-refractivity contribution in [3.05, 3.63) is 36.9 Å². The van der Waals surface area contributed by atoms with Gasteiger partial charge in [-0.25, -0.2) is 9.97 Å². The number of hydrogen-bond donors (Lipinski definition) is 2. The van der Waals surface area contributed by atoms with E-state index in [-0.39, 0.29) is 5.91 Å². The Morgan fingerprint density at radius 2 is 1.91 bits per heavy atom. The standard InChI is InChI=1S/C16H22N6O/c23-16(12-21-7-1-2-8-21)18-6-5-17-14-11-15(20-13-19-14)22-9-3-4-10-22/h1-2,7-8,11,13H,3-6,9-10,12H2,(H,18,23)(H,17,19,20). The zero-order chi connectivity index (χ0) is 15.9. The maximum absolute atomic E-state index is 11.8. The molecule has 2 N–H and O–H groups in total. The van der Waals surface area contributed by atoms with E-state index in [1.807, 2.05) is 35.2 Å². The topological polar surface area (TPSA) is 75.1 Å². The van der Waals surface area contributed by atoms with Crippen LogP contribution in [0.2, 0.25) is 0 Å². The van der Waals surface area contributed by atoms with Gasteiger partial charge in [-0.3, -0.25) is 4.79 Å². The highest BCUT2D eigenvalue weighted by molar-refractivity contribution is 5.75. The smallest absolute Gasteiger partial charge is 0.239 e. The van der Waals surface area contributed by atoms with E-state index in [0.29, 0.717) is 19.6 Å². The van der Waals surface area contributed by atoms with Crippen molar-refractivity contribution in [3.63, 3.8) is 0 Å². The lowest BCUT2D eigenvalue weighted by Gasteiger charge is -2.16. The lowest BCUT2D eigenvalue weighted by atomic mass is 10.4. The van der Waals surface area contributed by atoms with E-state index in [9.17, 15) is 4.79 Å². The van der Waals surface area contributed by atoms with Crippen LogP contribution in [-0.4, -0.2) is 46.6 Å². The summed E-state index contributed by atoms with van der Waals surface area (Å²) in [4.78, 5) is 22.6. The van der Waals surface area contributed by atoms with Crippen LogP contribution in [0.1, 0.15) is 12.8 Å². The molecule has 7 heteroatoms. The van der Waals surface area contributed by atoms with Crippen molar-refractivity contribution in [1.82, 2.24) is 19.9 Å². The number of nitrogens with one attached hydrogen (secondary N) is 2. The van der Waals surface area contributed by atoms with Gasteiger partial charge in [-0.2, -0.15) is 0 Å². The second-order valence-corrected chi connectivity index (χ2v) is 5.59. The first-order valence-corrected chi connectivity index (χ1v) is 7.99. The van der Waals surface area contributed by atoms with Gasteiger partial charge in [0.25, 0.3) is 0 Å². The Morgan fingerprint density at radius 3 is 2.70 bits per heavy atom. The second kappa shape index (κ2) is 7.62. The molecule has 1 aliphatic rings. The molecule has 0 atom stereocenters. The van der Waals surface area contributed by atoms with Gasteiger partial charge in [-0.1, -0.05) is 0 Å². The number of amides is 1. The molecule has 1 saturated heterocycles. The Labute approximate surface area is 135 Å². The fraction of sp³-hybridized carbons (Fsp3) is 0.438. The van der Waals surface area contributed by atoms with Gasteiger partial charge < -0.3 is 20.1 Å². The molecule has 1 fully saturated rings. The summed E-state index contributed by atoms with van der Waals surface area (Å²) in [6, 6.07) is 5.77. The molecule has 1 aliphatic heterocycles. The van der Waals surface area contributed by atoms with Crippen LogP contribution in [0, 0.1) is 0 Å². The summed E-state index contributed by atoms with van der Waals surface area (Å²) in [6.07, 6.45) is 7.78. The third kappa shape index (κ3) is 4.45. The first-order valence-electron chi connectivity index (χ1n) is 7.99. The summed E-state index contributed by atoms with van der Waals surface area (Å²) in [5, 5.41) is 6.11. The van der Waals surface area contributed by atoms with E-state index >= 15 is 0 Å². The van der Waals surface area contributed by atoms with E-state index < -0.39 is 0 Å². The van der Waals surface area contributed by atoms with Crippen LogP contribution in [0.25, 0.3) is 0 Å². The summed E-state index contributed by atoms with van der Waals surface area (Å²) in [5.41, 5.74) is 0. The SMILES string of the molecule is O=C(Cn1cccc1)NCCNc1cc(N2CCCC2)ncn1. The van der Waals surface area contributed by atoms with Crippen molar-refractivity contribution < 1.29 is 4.79 Å². The van der Waals surface area contributed by atoms with Crippen LogP contribution in [-0.2, 0) is 11.3 Å². The predicted octanol–water partition coefficient (Wildman–Crippen LogP) is 1.11. The van der Waals surface area contributed by atoms with Crippen LogP contribution < -0.4 is 15.5 Å². The Hall–Kier alpha value is -2.57. The quantitative estimate of drug-likeness (QED) is 0.749. The summed E-state index contributed by atoms with van der Waals surface area (Å²) < 4.78 is 1.84. The lowest BCUT2D eigenvalue weighted by Crippen LogP contribution is -2.31. The van der Waals surface area contributed by atoms with Crippen LogP contribution in [0.4, 0.5) is 11.6 Å². The molecule has 0 saturated carbocycles. The molecule has 3 heterocycles. The van der Waals surface area contributed by atoms with Gasteiger partial charge in [0.1, 0.15) is 24.5 Å². The summed E-state index contributed by atoms with van der Waals surface area (Å²) in [7, 11) is 0. The molecular formula is C16H22N6O. The Kier molecular flexibility index (Phi) is 5.08. The minimum absolute atomic E-state index is 0.00319. The first kappa shape index (κ1) is 15.3. The third-order valence-corrected chi connectivity index (χ3v) is 3.83. The lowest BCUT2D eigenvalue weighted by molar-refractivity contribution is -0.121. The van der Waals surface area contributed by atoms with Crippen molar-refractivity contribution in [3.8, 4) is 0 Å². The average molecular weight is 314 g/mol. The number of aromatic nitrogens is 3. The Balaban J connectivity index is 1.40. The maximum atomic E-state index is 11.8. The molecule has 23 heavy (non-hydrogen) atoms. The van der Waals surface area contributed by atoms with Crippen molar-refractivity contribution in [1.29, 1.82) is 0 Å². The number of anilines is 2. The molecule has 122 valence electrons. The fourth-order valence-electron chi connectivity index (χ4n) is 2.65. The van der Waals surface area contributed by atoms with Crippen LogP contribution >= 0.6 is 0 Å². The molecule has 1 amide bonds. The van der Waals surface area contributed by atoms with E-state index in [0.717, 1.165) is 24.7 Å². The highest BCUT2D eigenvalue weighted by atomic mass is 16.1. The molecule has 2 aromatic heterocycles. The number of carbonyl (C=O) groups is 1. The largest absolute Gasteiger partial charge is 0.368 e. The van der Waals surface area contributed by atoms with Gasteiger partial charge >= 0.3 is 0 Å². The minimum Gasteiger partial charge on any atom is -0.368 e. The van der Waals surface area contributed by atoms with E-state index in [4.69, 9.17) is 0 Å². The molecule has 0 aromatic carbocycles. The minimum atomic E-state index is 0.00319. The van der Waals surface area contributed by atoms with Crippen molar-refractivity contribution in [2.75, 3.05) is 36.4 Å². The number of rotatable bonds is 7. The maximum Gasteiger partial charge on any atom is 0.239 e. The molecule has 0 bridgehead atoms. The van der Waals surface area contributed by atoms with Gasteiger partial charge in [0.15, 0.2) is 0 Å². The molecule has 7 nitrogen and oxygen atoms in total. The van der Waals surface area contributed by atoms with Gasteiger partial charge in [0.2, 0.25) is 5.91 Å². The average Bonchev–Trinajstić information content (AvgIpc) is 3.25. The fourth-order valence-corrected chi connectivity index (χ4v) is 2.65. The second-order valence-electron chi connectivity index (χ2n) is 5.59. The van der Waals surface area contributed by atoms with Crippen molar-refractivity contribution in [2.24, 2.45) is 0 Å². The zero-order valence-corrected chi connectivity index (χ0v) is 13.1. The molecule has 3 rings (SSSR count). The van der Waals surface area contributed by atoms with Crippen LogP contribution in [0.15, 0.2) is 36.9 Å². The van der Waals surface area contributed by atoms with Gasteiger partial charge in [0, 0.05) is 44.6 Å². The Bertz CT molecular complexity index is 621. The highest BCUT2D eigenvalue weighted by Crippen LogP contribution is 2.18. The first-order chi connectivity index (χ1) is 11.3. The molecule has 0 spiro atoms. The summed E-state index contributed by atoms with van der Waals surface area (Å²) in [6.45, 7) is 3.66. The van der Waals surface area contributed by atoms with Gasteiger partial charge in [-0.05, 0) is 25.0 Å². The van der Waals surface area contributed by atoms with Crippen molar-refractivity contribution >= 4 is 17.5 Å². The zero-order valence-electron chi connectivity index (χ0n) is 13.1. The monoisotopic (exact) mass is 314 g/mol. The van der Waals surface area contributed by atoms with Crippen molar-refractivity contribution in [2.45, 2.75) is 19.4 Å². The molecule has 0 radical (unpaired) electrons. The summed E-state index contributed by atoms with van der Waals surface area (Å²) >= 11 is 0. The molecule has 0 aliphatic carbocycles. The highest BCUT2D eigenvalue weighted by Gasteiger charge is 2.13. The van der Waals surface area contributed by atoms with Crippen LogP contribution in [0.3, 0.4) is 0 Å². The Morgan fingerprint density at radius 1 is 1.13 bits per heavy atom. The summed E-state index contributed by atoms with van der Waals surface area (Å²) in [5.74, 6) is 1.77. The number of hydrogen-bond acceptors (Lipinski definition) is 5. The molecule has 0 unspecified atom stereocenters. The molecular weight excluding hydrogens is 292 g/mol. The van der Waals surface area contributed by atoms with E-state index in [1.54, 1.807) is 6.33 Å². The number of carbonyl (C=O) groups excluding carboxylic acids is 1. The van der Waals surface area contributed by atoms with E-state index in [1.165, 1.54) is 12.8 Å². The molecule has 2 aromatic rings. The third-order valence-electron chi connectivity index (χ3n) is 3.83.